The van der Waals surface area contributed by atoms with Crippen molar-refractivity contribution in [2.45, 2.75) is 26.5 Å². The molecule has 1 aromatic heterocycles. The number of carbonyl (C=O) groups excluding carboxylic acids is 1. The number of rotatable bonds is 11. The number of benzene rings is 3. The summed E-state index contributed by atoms with van der Waals surface area (Å²) in [5.41, 5.74) is 1.97. The largest absolute Gasteiger partial charge is 0.490 e. The van der Waals surface area contributed by atoms with Crippen LogP contribution in [0, 0.1) is 13.7 Å². The van der Waals surface area contributed by atoms with E-state index in [-0.39, 0.29) is 23.4 Å². The summed E-state index contributed by atoms with van der Waals surface area (Å²) in [5, 5.41) is 11.1. The molecule has 1 atom stereocenters. The number of fused-ring (bicyclic) bond motifs is 1. The second-order valence-corrected chi connectivity index (χ2v) is 11.8. The molecule has 5 rings (SSSR count). The minimum atomic E-state index is -0.796. The Hall–Kier alpha value is -4.50. The van der Waals surface area contributed by atoms with Gasteiger partial charge < -0.3 is 18.9 Å². The lowest BCUT2D eigenvalue weighted by Gasteiger charge is -2.23. The molecule has 232 valence electrons. The second-order valence-electron chi connectivity index (χ2n) is 9.65. The topological polar surface area (TPSA) is 131 Å². The summed E-state index contributed by atoms with van der Waals surface area (Å²) in [6, 6.07) is 16.3. The van der Waals surface area contributed by atoms with Crippen molar-refractivity contribution in [1.82, 2.24) is 4.57 Å². The Labute approximate surface area is 275 Å². The number of ether oxygens (including phenoxy) is 4. The van der Waals surface area contributed by atoms with E-state index in [1.165, 1.54) is 41.3 Å². The number of non-ortho nitro benzene ring substituents is 1. The maximum atomic E-state index is 13.9. The molecule has 1 aliphatic heterocycles. The predicted octanol–water partition coefficient (Wildman–Crippen LogP) is 4.91. The Balaban J connectivity index is 1.49. The van der Waals surface area contributed by atoms with E-state index in [9.17, 15) is 19.7 Å². The number of nitro groups is 1. The summed E-state index contributed by atoms with van der Waals surface area (Å²) in [5.74, 6) is 1.07. The maximum absolute atomic E-state index is 13.9. The van der Waals surface area contributed by atoms with Crippen LogP contribution in [0.2, 0.25) is 0 Å². The van der Waals surface area contributed by atoms with Crippen LogP contribution in [0.25, 0.3) is 6.08 Å². The zero-order valence-corrected chi connectivity index (χ0v) is 27.5. The number of thiazole rings is 1. The van der Waals surface area contributed by atoms with Crippen molar-refractivity contribution in [1.29, 1.82) is 0 Å². The van der Waals surface area contributed by atoms with Crippen LogP contribution in [0.4, 0.5) is 5.69 Å². The fourth-order valence-electron chi connectivity index (χ4n) is 4.78. The molecule has 0 aliphatic carbocycles. The molecule has 0 bridgehead atoms. The van der Waals surface area contributed by atoms with Gasteiger partial charge >= 0.3 is 5.97 Å². The van der Waals surface area contributed by atoms with Gasteiger partial charge in [0, 0.05) is 18.3 Å². The monoisotopic (exact) mass is 741 g/mol. The first-order valence-corrected chi connectivity index (χ1v) is 15.8. The zero-order valence-electron chi connectivity index (χ0n) is 24.5. The molecule has 0 amide bonds. The fourth-order valence-corrected chi connectivity index (χ4v) is 6.45. The molecular weight excluding hydrogens is 713 g/mol. The molecule has 1 aliphatic rings. The number of hydrogen-bond donors (Lipinski definition) is 0. The molecule has 0 spiro atoms. The van der Waals surface area contributed by atoms with Gasteiger partial charge in [0.2, 0.25) is 0 Å². The third-order valence-electron chi connectivity index (χ3n) is 6.78. The molecule has 0 saturated heterocycles. The lowest BCUT2D eigenvalue weighted by atomic mass is 9.97. The van der Waals surface area contributed by atoms with Crippen LogP contribution < -0.4 is 29.1 Å². The Kier molecular flexibility index (Phi) is 9.98. The zero-order chi connectivity index (χ0) is 32.1. The van der Waals surface area contributed by atoms with E-state index in [4.69, 9.17) is 18.9 Å². The van der Waals surface area contributed by atoms with Gasteiger partial charge in [0.1, 0.15) is 12.4 Å². The highest BCUT2D eigenvalue weighted by Crippen LogP contribution is 2.35. The molecule has 0 fully saturated rings. The average Bonchev–Trinajstić information content (AvgIpc) is 3.35. The van der Waals surface area contributed by atoms with Crippen molar-refractivity contribution >= 4 is 51.7 Å². The van der Waals surface area contributed by atoms with Crippen LogP contribution >= 0.6 is 33.9 Å². The molecule has 13 heteroatoms. The highest BCUT2D eigenvalue weighted by atomic mass is 127. The third-order valence-corrected chi connectivity index (χ3v) is 8.62. The van der Waals surface area contributed by atoms with Gasteiger partial charge in [-0.3, -0.25) is 19.5 Å². The molecule has 0 unspecified atom stereocenters. The summed E-state index contributed by atoms with van der Waals surface area (Å²) in [6.07, 6.45) is 3.21. The molecule has 0 radical (unpaired) electrons. The van der Waals surface area contributed by atoms with E-state index in [0.29, 0.717) is 50.9 Å². The van der Waals surface area contributed by atoms with Gasteiger partial charge in [-0.15, -0.1) is 0 Å². The van der Waals surface area contributed by atoms with Crippen molar-refractivity contribution in [2.75, 3.05) is 20.3 Å². The molecule has 0 N–H and O–H groups in total. The van der Waals surface area contributed by atoms with Gasteiger partial charge in [-0.05, 0) is 83.5 Å². The van der Waals surface area contributed by atoms with E-state index in [1.807, 2.05) is 26.0 Å². The van der Waals surface area contributed by atoms with Crippen molar-refractivity contribution in [2.24, 2.45) is 4.99 Å². The quantitative estimate of drug-likeness (QED) is 0.0918. The molecule has 2 heterocycles. The highest BCUT2D eigenvalue weighted by Gasteiger charge is 2.31. The number of esters is 1. The number of nitro benzene ring substituents is 1. The van der Waals surface area contributed by atoms with Gasteiger partial charge in [0.25, 0.3) is 11.2 Å². The molecular formula is C32H28IN3O8S. The summed E-state index contributed by atoms with van der Waals surface area (Å²) in [4.78, 5) is 42.2. The maximum Gasteiger partial charge on any atom is 0.337 e. The number of aromatic nitrogens is 1. The second kappa shape index (κ2) is 14.1. The molecule has 3 aromatic carbocycles. The summed E-state index contributed by atoms with van der Waals surface area (Å²) >= 11 is 3.35. The predicted molar refractivity (Wildman–Crippen MR) is 177 cm³/mol. The smallest absolute Gasteiger partial charge is 0.337 e. The van der Waals surface area contributed by atoms with Crippen LogP contribution in [0.5, 0.6) is 17.2 Å². The van der Waals surface area contributed by atoms with Gasteiger partial charge in [-0.25, -0.2) is 9.79 Å². The van der Waals surface area contributed by atoms with E-state index in [2.05, 4.69) is 27.6 Å². The molecule has 4 aromatic rings. The van der Waals surface area contributed by atoms with Crippen LogP contribution in [0.3, 0.4) is 0 Å². The Morgan fingerprint density at radius 3 is 2.51 bits per heavy atom. The van der Waals surface area contributed by atoms with Crippen LogP contribution in [0.15, 0.2) is 82.2 Å². The Morgan fingerprint density at radius 1 is 1.04 bits per heavy atom. The van der Waals surface area contributed by atoms with E-state index in [0.717, 1.165) is 9.13 Å². The summed E-state index contributed by atoms with van der Waals surface area (Å²) < 4.78 is 25.2. The van der Waals surface area contributed by atoms with Gasteiger partial charge in [-0.1, -0.05) is 35.6 Å². The van der Waals surface area contributed by atoms with Crippen molar-refractivity contribution in [3.8, 4) is 17.2 Å². The first kappa shape index (κ1) is 31.9. The number of carbonyl (C=O) groups is 1. The molecule has 45 heavy (non-hydrogen) atoms. The minimum absolute atomic E-state index is 0.000755. The number of halogens is 1. The first-order valence-electron chi connectivity index (χ1n) is 13.9. The molecule has 0 saturated carbocycles. The highest BCUT2D eigenvalue weighted by molar-refractivity contribution is 14.1. The van der Waals surface area contributed by atoms with Gasteiger partial charge in [-0.2, -0.15) is 0 Å². The Bertz CT molecular complexity index is 1980. The number of hydrogen-bond acceptors (Lipinski definition) is 10. The lowest BCUT2D eigenvalue weighted by molar-refractivity contribution is -0.384. The number of methoxy groups -OCH3 is 1. The standard InChI is InChI=1S/C32H28IN3O8S/c1-4-42-26-12-10-21(16-27(26)43-5-2)29-23(31(38)41-3)17-34-32-35(29)30(37)28(45-32)15-19-9-11-25(24(33)14-19)44-18-20-7-6-8-22(13-20)36(39)40/h6-17,29H,4-5,18H2,1-3H3/b28-15-/t29-/m1/s1. The van der Waals surface area contributed by atoms with E-state index in [1.54, 1.807) is 42.5 Å². The summed E-state index contributed by atoms with van der Waals surface area (Å²) in [7, 11) is 1.29. The van der Waals surface area contributed by atoms with Crippen LogP contribution in [-0.4, -0.2) is 35.8 Å². The summed E-state index contributed by atoms with van der Waals surface area (Å²) in [6.45, 7) is 4.76. The average molecular weight is 742 g/mol. The van der Waals surface area contributed by atoms with Crippen LogP contribution in [-0.2, 0) is 16.1 Å². The first-order chi connectivity index (χ1) is 21.7. The van der Waals surface area contributed by atoms with Gasteiger partial charge in [0.05, 0.1) is 45.0 Å². The van der Waals surface area contributed by atoms with E-state index >= 15 is 0 Å². The van der Waals surface area contributed by atoms with Gasteiger partial charge in [0.15, 0.2) is 16.3 Å². The number of nitrogens with zero attached hydrogens (tertiary/aromatic N) is 3. The normalized spacial score (nSPS) is 14.2. The lowest BCUT2D eigenvalue weighted by Crippen LogP contribution is -2.39. The van der Waals surface area contributed by atoms with E-state index < -0.39 is 16.9 Å². The van der Waals surface area contributed by atoms with Crippen molar-refractivity contribution in [3.05, 3.63) is 122 Å². The van der Waals surface area contributed by atoms with Crippen molar-refractivity contribution < 1.29 is 28.7 Å². The molecule has 11 nitrogen and oxygen atoms in total. The SMILES string of the molecule is CCOc1ccc([C@@H]2C(C(=O)OC)=CN=c3s/c(=C\c4ccc(OCc5cccc([N+](=O)[O-])c5)c(I)c4)c(=O)n32)cc1OCC. The minimum Gasteiger partial charge on any atom is -0.490 e. The van der Waals surface area contributed by atoms with Crippen LogP contribution in [0.1, 0.15) is 36.6 Å². The third kappa shape index (κ3) is 6.93. The van der Waals surface area contributed by atoms with Crippen molar-refractivity contribution in [3.63, 3.8) is 0 Å². The fraction of sp³-hybridized carbons (Fsp3) is 0.219. The Morgan fingerprint density at radius 2 is 1.80 bits per heavy atom.